The molecular weight excluding hydrogens is 158 g/mol. The summed E-state index contributed by atoms with van der Waals surface area (Å²) in [6, 6.07) is 0.669. The van der Waals surface area contributed by atoms with E-state index in [0.717, 1.165) is 18.4 Å². The van der Waals surface area contributed by atoms with Crippen LogP contribution in [-0.2, 0) is 0 Å². The first-order valence-corrected chi connectivity index (χ1v) is 5.81. The third-order valence-electron chi connectivity index (χ3n) is 2.35. The lowest BCUT2D eigenvalue weighted by Gasteiger charge is -2.20. The highest BCUT2D eigenvalue weighted by molar-refractivity contribution is 4.67. The van der Waals surface area contributed by atoms with Crippen molar-refractivity contribution in [2.24, 2.45) is 11.8 Å². The second-order valence-electron chi connectivity index (χ2n) is 3.98. The Hall–Kier alpha value is -0.0400. The van der Waals surface area contributed by atoms with Crippen molar-refractivity contribution in [2.45, 2.75) is 60.9 Å². The smallest absolute Gasteiger partial charge is 0.00643 e. The van der Waals surface area contributed by atoms with Gasteiger partial charge in [0.15, 0.2) is 0 Å². The monoisotopic (exact) mass is 187 g/mol. The molecule has 2 atom stereocenters. The van der Waals surface area contributed by atoms with Gasteiger partial charge >= 0.3 is 0 Å². The molecule has 0 amide bonds. The highest BCUT2D eigenvalue weighted by atomic mass is 14.9. The minimum atomic E-state index is 0.669. The molecule has 82 valence electrons. The standard InChI is InChI=1S/C10H23N.C2H6/c1-6-9(4)10(5)11-7-8(2)3;1-2/h8-11H,6-7H2,1-5H3;1-2H3. The Labute approximate surface area is 85.3 Å². The number of nitrogens with one attached hydrogen (secondary N) is 1. The van der Waals surface area contributed by atoms with Gasteiger partial charge in [-0.1, -0.05) is 48.0 Å². The molecule has 0 heterocycles. The quantitative estimate of drug-likeness (QED) is 0.692. The average Bonchev–Trinajstić information content (AvgIpc) is 2.16. The van der Waals surface area contributed by atoms with Gasteiger partial charge in [-0.3, -0.25) is 0 Å². The van der Waals surface area contributed by atoms with Crippen molar-refractivity contribution in [3.05, 3.63) is 0 Å². The summed E-state index contributed by atoms with van der Waals surface area (Å²) in [6.07, 6.45) is 1.27. The van der Waals surface area contributed by atoms with Crippen molar-refractivity contribution in [3.8, 4) is 0 Å². The third kappa shape index (κ3) is 9.88. The Morgan fingerprint density at radius 1 is 1.00 bits per heavy atom. The maximum Gasteiger partial charge on any atom is 0.00643 e. The first-order chi connectivity index (χ1) is 6.07. The van der Waals surface area contributed by atoms with Crippen LogP contribution in [0.4, 0.5) is 0 Å². The Morgan fingerprint density at radius 3 is 1.77 bits per heavy atom. The zero-order chi connectivity index (χ0) is 10.9. The zero-order valence-corrected chi connectivity index (χ0v) is 10.6. The van der Waals surface area contributed by atoms with E-state index in [9.17, 15) is 0 Å². The van der Waals surface area contributed by atoms with Crippen molar-refractivity contribution < 1.29 is 0 Å². The lowest BCUT2D eigenvalue weighted by atomic mass is 10.0. The van der Waals surface area contributed by atoms with Gasteiger partial charge in [0.25, 0.3) is 0 Å². The summed E-state index contributed by atoms with van der Waals surface area (Å²) < 4.78 is 0. The van der Waals surface area contributed by atoms with Crippen LogP contribution in [0.1, 0.15) is 54.9 Å². The molecule has 0 aliphatic heterocycles. The van der Waals surface area contributed by atoms with Gasteiger partial charge < -0.3 is 5.32 Å². The molecule has 1 N–H and O–H groups in total. The molecule has 13 heavy (non-hydrogen) atoms. The molecule has 0 aliphatic rings. The predicted octanol–water partition coefficient (Wildman–Crippen LogP) is 3.69. The highest BCUT2D eigenvalue weighted by Gasteiger charge is 2.08. The van der Waals surface area contributed by atoms with E-state index in [2.05, 4.69) is 39.9 Å². The summed E-state index contributed by atoms with van der Waals surface area (Å²) in [6.45, 7) is 16.5. The fourth-order valence-corrected chi connectivity index (χ4v) is 0.976. The lowest BCUT2D eigenvalue weighted by molar-refractivity contribution is 0.372. The van der Waals surface area contributed by atoms with Crippen LogP contribution in [-0.4, -0.2) is 12.6 Å². The van der Waals surface area contributed by atoms with Gasteiger partial charge in [-0.05, 0) is 25.3 Å². The summed E-state index contributed by atoms with van der Waals surface area (Å²) >= 11 is 0. The summed E-state index contributed by atoms with van der Waals surface area (Å²) in [5, 5.41) is 3.53. The van der Waals surface area contributed by atoms with Gasteiger partial charge in [0.1, 0.15) is 0 Å². The molecule has 0 aromatic heterocycles. The Kier molecular flexibility index (Phi) is 11.9. The molecule has 0 radical (unpaired) electrons. The zero-order valence-electron chi connectivity index (χ0n) is 10.6. The van der Waals surface area contributed by atoms with E-state index in [1.807, 2.05) is 13.8 Å². The van der Waals surface area contributed by atoms with E-state index in [4.69, 9.17) is 0 Å². The van der Waals surface area contributed by atoms with Crippen molar-refractivity contribution in [3.63, 3.8) is 0 Å². The molecule has 0 spiro atoms. The van der Waals surface area contributed by atoms with E-state index in [1.165, 1.54) is 6.42 Å². The second kappa shape index (κ2) is 10.0. The molecular formula is C12H29N. The summed E-state index contributed by atoms with van der Waals surface area (Å²) in [4.78, 5) is 0. The van der Waals surface area contributed by atoms with Gasteiger partial charge in [0.2, 0.25) is 0 Å². The number of rotatable bonds is 5. The minimum Gasteiger partial charge on any atom is -0.314 e. The maximum absolute atomic E-state index is 3.53. The highest BCUT2D eigenvalue weighted by Crippen LogP contribution is 2.06. The van der Waals surface area contributed by atoms with Crippen LogP contribution in [0.25, 0.3) is 0 Å². The Morgan fingerprint density at radius 2 is 1.46 bits per heavy atom. The van der Waals surface area contributed by atoms with Gasteiger partial charge in [-0.2, -0.15) is 0 Å². The van der Waals surface area contributed by atoms with Gasteiger partial charge in [0, 0.05) is 6.04 Å². The first-order valence-electron chi connectivity index (χ1n) is 5.81. The molecule has 0 bridgehead atoms. The molecule has 0 fully saturated rings. The molecule has 0 aromatic rings. The number of hydrogen-bond acceptors (Lipinski definition) is 1. The molecule has 0 rings (SSSR count). The van der Waals surface area contributed by atoms with E-state index >= 15 is 0 Å². The van der Waals surface area contributed by atoms with Crippen LogP contribution in [0.2, 0.25) is 0 Å². The van der Waals surface area contributed by atoms with E-state index in [-0.39, 0.29) is 0 Å². The molecule has 2 unspecified atom stereocenters. The first kappa shape index (κ1) is 15.4. The molecule has 1 nitrogen and oxygen atoms in total. The largest absolute Gasteiger partial charge is 0.314 e. The molecule has 0 saturated heterocycles. The van der Waals surface area contributed by atoms with Gasteiger partial charge in [0.05, 0.1) is 0 Å². The minimum absolute atomic E-state index is 0.669. The van der Waals surface area contributed by atoms with Crippen LogP contribution < -0.4 is 5.32 Å². The average molecular weight is 187 g/mol. The van der Waals surface area contributed by atoms with E-state index < -0.39 is 0 Å². The van der Waals surface area contributed by atoms with Crippen LogP contribution in [0.3, 0.4) is 0 Å². The topological polar surface area (TPSA) is 12.0 Å². The van der Waals surface area contributed by atoms with Crippen molar-refractivity contribution in [1.29, 1.82) is 0 Å². The molecule has 0 aromatic carbocycles. The van der Waals surface area contributed by atoms with Gasteiger partial charge in [-0.15, -0.1) is 0 Å². The van der Waals surface area contributed by atoms with E-state index in [0.29, 0.717) is 6.04 Å². The lowest BCUT2D eigenvalue weighted by Crippen LogP contribution is -2.34. The normalized spacial score (nSPS) is 14.8. The van der Waals surface area contributed by atoms with Crippen molar-refractivity contribution in [1.82, 2.24) is 5.32 Å². The summed E-state index contributed by atoms with van der Waals surface area (Å²) in [5.74, 6) is 1.57. The second-order valence-corrected chi connectivity index (χ2v) is 3.98. The summed E-state index contributed by atoms with van der Waals surface area (Å²) in [5.41, 5.74) is 0. The summed E-state index contributed by atoms with van der Waals surface area (Å²) in [7, 11) is 0. The fourth-order valence-electron chi connectivity index (χ4n) is 0.976. The number of hydrogen-bond donors (Lipinski definition) is 1. The maximum atomic E-state index is 3.53. The molecule has 0 aliphatic carbocycles. The fraction of sp³-hybridized carbons (Fsp3) is 1.00. The van der Waals surface area contributed by atoms with Gasteiger partial charge in [-0.25, -0.2) is 0 Å². The third-order valence-corrected chi connectivity index (χ3v) is 2.35. The van der Waals surface area contributed by atoms with Crippen molar-refractivity contribution in [2.75, 3.05) is 6.54 Å². The van der Waals surface area contributed by atoms with Crippen LogP contribution >= 0.6 is 0 Å². The van der Waals surface area contributed by atoms with Crippen LogP contribution in [0, 0.1) is 11.8 Å². The molecule has 1 heteroatoms. The van der Waals surface area contributed by atoms with E-state index in [1.54, 1.807) is 0 Å². The Balaban J connectivity index is 0. The predicted molar refractivity (Wildman–Crippen MR) is 63.1 cm³/mol. The Bertz CT molecular complexity index is 89.1. The SMILES string of the molecule is CC.CCC(C)C(C)NCC(C)C. The van der Waals surface area contributed by atoms with Crippen molar-refractivity contribution >= 4 is 0 Å². The van der Waals surface area contributed by atoms with Crippen LogP contribution in [0.5, 0.6) is 0 Å². The van der Waals surface area contributed by atoms with Crippen LogP contribution in [0.15, 0.2) is 0 Å². The molecule has 0 saturated carbocycles.